The Labute approximate surface area is 130 Å². The predicted octanol–water partition coefficient (Wildman–Crippen LogP) is 2.89. The lowest BCUT2D eigenvalue weighted by atomic mass is 10.4. The van der Waals surface area contributed by atoms with E-state index in [1.54, 1.807) is 46.1 Å². The van der Waals surface area contributed by atoms with Crippen molar-refractivity contribution in [3.63, 3.8) is 0 Å². The summed E-state index contributed by atoms with van der Waals surface area (Å²) in [7, 11) is 0. The first kappa shape index (κ1) is 15.3. The van der Waals surface area contributed by atoms with Gasteiger partial charge < -0.3 is 10.6 Å². The topological polar surface area (TPSA) is 66.9 Å². The van der Waals surface area contributed by atoms with E-state index in [2.05, 4.69) is 20.6 Å². The van der Waals surface area contributed by atoms with Gasteiger partial charge >= 0.3 is 6.03 Å². The molecule has 0 spiro atoms. The molecule has 5 nitrogen and oxygen atoms in total. The Morgan fingerprint density at radius 3 is 2.95 bits per heavy atom. The first-order valence-corrected chi connectivity index (χ1v) is 8.93. The highest BCUT2D eigenvalue weighted by atomic mass is 32.2. The van der Waals surface area contributed by atoms with Crippen LogP contribution in [-0.4, -0.2) is 28.3 Å². The smallest absolute Gasteiger partial charge is 0.315 e. The number of hydrogen-bond donors (Lipinski definition) is 2. The van der Waals surface area contributed by atoms with Crippen molar-refractivity contribution in [1.29, 1.82) is 0 Å². The molecule has 2 amide bonds. The Balaban J connectivity index is 1.53. The maximum absolute atomic E-state index is 11.6. The third-order valence-electron chi connectivity index (χ3n) is 2.50. The van der Waals surface area contributed by atoms with E-state index in [9.17, 15) is 4.79 Å². The van der Waals surface area contributed by atoms with Gasteiger partial charge in [0.05, 0.1) is 17.7 Å². The number of thioether (sulfide) groups is 1. The average molecular weight is 328 g/mol. The molecule has 0 fully saturated rings. The van der Waals surface area contributed by atoms with E-state index in [-0.39, 0.29) is 6.03 Å². The number of hydrogen-bond acceptors (Lipinski definition) is 6. The van der Waals surface area contributed by atoms with Crippen molar-refractivity contribution in [1.82, 2.24) is 20.6 Å². The molecule has 0 atom stereocenters. The molecule has 108 valence electrons. The molecule has 2 heterocycles. The molecule has 0 saturated heterocycles. The maximum Gasteiger partial charge on any atom is 0.315 e. The lowest BCUT2D eigenvalue weighted by Gasteiger charge is -2.06. The Bertz CT molecular complexity index is 527. The molecule has 0 radical (unpaired) electrons. The number of urea groups is 1. The van der Waals surface area contributed by atoms with E-state index >= 15 is 0 Å². The van der Waals surface area contributed by atoms with Crippen molar-refractivity contribution < 1.29 is 4.79 Å². The van der Waals surface area contributed by atoms with Gasteiger partial charge in [-0.15, -0.1) is 22.7 Å². The molecule has 0 saturated carbocycles. The van der Waals surface area contributed by atoms with E-state index < -0.39 is 0 Å². The summed E-state index contributed by atoms with van der Waals surface area (Å²) in [6.45, 7) is 3.16. The number of nitrogens with zero attached hydrogens (tertiary/aromatic N) is 2. The predicted molar refractivity (Wildman–Crippen MR) is 84.5 cm³/mol. The Morgan fingerprint density at radius 1 is 1.35 bits per heavy atom. The van der Waals surface area contributed by atoms with Crippen LogP contribution in [0.25, 0.3) is 0 Å². The molecule has 0 unspecified atom stereocenters. The first-order chi connectivity index (χ1) is 9.75. The van der Waals surface area contributed by atoms with E-state index in [0.29, 0.717) is 13.1 Å². The molecule has 20 heavy (non-hydrogen) atoms. The van der Waals surface area contributed by atoms with Gasteiger partial charge in [0.15, 0.2) is 0 Å². The number of carbonyl (C=O) groups excluding carboxylic acids is 1. The summed E-state index contributed by atoms with van der Waals surface area (Å²) in [4.78, 5) is 21.0. The van der Waals surface area contributed by atoms with Gasteiger partial charge in [0.1, 0.15) is 4.34 Å². The molecule has 0 aliphatic rings. The minimum atomic E-state index is -0.128. The summed E-state index contributed by atoms with van der Waals surface area (Å²) in [5.74, 6) is 0.960. The molecule has 2 rings (SSSR count). The molecular weight excluding hydrogens is 312 g/mol. The number of carbonyl (C=O) groups is 1. The zero-order valence-corrected chi connectivity index (χ0v) is 13.5. The van der Waals surface area contributed by atoms with Gasteiger partial charge in [-0.3, -0.25) is 0 Å². The van der Waals surface area contributed by atoms with E-state index in [0.717, 1.165) is 27.1 Å². The van der Waals surface area contributed by atoms with Gasteiger partial charge in [-0.05, 0) is 13.3 Å². The fourth-order valence-corrected chi connectivity index (χ4v) is 3.80. The van der Waals surface area contributed by atoms with Crippen LogP contribution in [0.1, 0.15) is 17.0 Å². The summed E-state index contributed by atoms with van der Waals surface area (Å²) in [5.41, 5.74) is 2.77. The van der Waals surface area contributed by atoms with E-state index in [4.69, 9.17) is 0 Å². The molecule has 2 N–H and O–H groups in total. The fourth-order valence-electron chi connectivity index (χ4n) is 1.43. The first-order valence-electron chi connectivity index (χ1n) is 6.18. The monoisotopic (exact) mass is 328 g/mol. The normalized spacial score (nSPS) is 10.4. The molecule has 2 aromatic heterocycles. The van der Waals surface area contributed by atoms with Crippen molar-refractivity contribution in [2.75, 3.05) is 12.3 Å². The minimum absolute atomic E-state index is 0.128. The Kier molecular flexibility index (Phi) is 6.28. The third kappa shape index (κ3) is 5.10. The quantitative estimate of drug-likeness (QED) is 0.606. The average Bonchev–Trinajstić information content (AvgIpc) is 3.08. The highest BCUT2D eigenvalue weighted by Gasteiger charge is 2.04. The molecule has 0 aliphatic heterocycles. The molecule has 0 aromatic carbocycles. The van der Waals surface area contributed by atoms with Gasteiger partial charge in [-0.1, -0.05) is 11.8 Å². The summed E-state index contributed by atoms with van der Waals surface area (Å²) < 4.78 is 1.08. The summed E-state index contributed by atoms with van der Waals surface area (Å²) in [5, 5.41) is 7.65. The van der Waals surface area contributed by atoms with Crippen molar-refractivity contribution >= 4 is 40.5 Å². The van der Waals surface area contributed by atoms with Crippen LogP contribution in [0.3, 0.4) is 0 Å². The standard InChI is InChI=1S/C12H16N4OS3/c1-9-10(20-8-16-9)7-15-11(17)13-3-2-5-18-12-14-4-6-19-12/h4,6,8H,2-3,5,7H2,1H3,(H2,13,15,17). The van der Waals surface area contributed by atoms with Crippen molar-refractivity contribution in [2.45, 2.75) is 24.2 Å². The SMILES string of the molecule is Cc1ncsc1CNC(=O)NCCCSc1nccs1. The van der Waals surface area contributed by atoms with Crippen molar-refractivity contribution in [2.24, 2.45) is 0 Å². The van der Waals surface area contributed by atoms with Crippen LogP contribution >= 0.6 is 34.4 Å². The second-order valence-electron chi connectivity index (χ2n) is 3.97. The molecule has 0 bridgehead atoms. The highest BCUT2D eigenvalue weighted by Crippen LogP contribution is 2.20. The van der Waals surface area contributed by atoms with Crippen LogP contribution < -0.4 is 10.6 Å². The number of thiazole rings is 2. The Hall–Kier alpha value is -1.12. The minimum Gasteiger partial charge on any atom is -0.338 e. The van der Waals surface area contributed by atoms with Crippen LogP contribution in [0.5, 0.6) is 0 Å². The van der Waals surface area contributed by atoms with Crippen molar-refractivity contribution in [3.8, 4) is 0 Å². The number of aryl methyl sites for hydroxylation is 1. The second kappa shape index (κ2) is 8.23. The van der Waals surface area contributed by atoms with Gasteiger partial charge in [-0.2, -0.15) is 0 Å². The van der Waals surface area contributed by atoms with Gasteiger partial charge in [-0.25, -0.2) is 14.8 Å². The summed E-state index contributed by atoms with van der Waals surface area (Å²) in [6, 6.07) is -0.128. The largest absolute Gasteiger partial charge is 0.338 e. The number of amides is 2. The number of nitrogens with one attached hydrogen (secondary N) is 2. The second-order valence-corrected chi connectivity index (χ2v) is 7.15. The molecule has 0 aliphatic carbocycles. The van der Waals surface area contributed by atoms with E-state index in [1.807, 2.05) is 12.3 Å². The summed E-state index contributed by atoms with van der Waals surface area (Å²) >= 11 is 4.92. The van der Waals surface area contributed by atoms with Crippen molar-refractivity contribution in [3.05, 3.63) is 27.7 Å². The van der Waals surface area contributed by atoms with Gasteiger partial charge in [0.2, 0.25) is 0 Å². The fraction of sp³-hybridized carbons (Fsp3) is 0.417. The summed E-state index contributed by atoms with van der Waals surface area (Å²) in [6.07, 6.45) is 2.73. The molecule has 8 heteroatoms. The van der Waals surface area contributed by atoms with Crippen LogP contribution in [-0.2, 0) is 6.54 Å². The zero-order valence-electron chi connectivity index (χ0n) is 11.1. The Morgan fingerprint density at radius 2 is 2.25 bits per heavy atom. The van der Waals surface area contributed by atoms with Crippen LogP contribution in [0, 0.1) is 6.92 Å². The van der Waals surface area contributed by atoms with Gasteiger partial charge in [0.25, 0.3) is 0 Å². The lowest BCUT2D eigenvalue weighted by molar-refractivity contribution is 0.240. The third-order valence-corrected chi connectivity index (χ3v) is 5.48. The van der Waals surface area contributed by atoms with Crippen LogP contribution in [0.2, 0.25) is 0 Å². The molecular formula is C12H16N4OS3. The van der Waals surface area contributed by atoms with E-state index in [1.165, 1.54) is 0 Å². The zero-order chi connectivity index (χ0) is 14.2. The molecule has 2 aromatic rings. The van der Waals surface area contributed by atoms with Crippen LogP contribution in [0.15, 0.2) is 21.4 Å². The maximum atomic E-state index is 11.6. The number of rotatable bonds is 7. The lowest BCUT2D eigenvalue weighted by Crippen LogP contribution is -2.35. The van der Waals surface area contributed by atoms with Gasteiger partial charge in [0, 0.05) is 28.8 Å². The highest BCUT2D eigenvalue weighted by molar-refractivity contribution is 8.00. The number of aromatic nitrogens is 2. The van der Waals surface area contributed by atoms with Crippen LogP contribution in [0.4, 0.5) is 4.79 Å².